The van der Waals surface area contributed by atoms with Gasteiger partial charge in [0.1, 0.15) is 0 Å². The Morgan fingerprint density at radius 2 is 1.94 bits per heavy atom. The summed E-state index contributed by atoms with van der Waals surface area (Å²) >= 11 is 0. The predicted molar refractivity (Wildman–Crippen MR) is 72.2 cm³/mol. The Morgan fingerprint density at radius 1 is 1.18 bits per heavy atom. The second-order valence-corrected chi connectivity index (χ2v) is 6.02. The third-order valence-corrected chi connectivity index (χ3v) is 4.98. The summed E-state index contributed by atoms with van der Waals surface area (Å²) in [5, 5.41) is 0. The van der Waals surface area contributed by atoms with Crippen LogP contribution in [-0.4, -0.2) is 6.04 Å². The fourth-order valence-corrected chi connectivity index (χ4v) is 3.98. The zero-order valence-corrected chi connectivity index (χ0v) is 10.8. The number of hydrogen-bond donors (Lipinski definition) is 1. The molecule has 2 N–H and O–H groups in total. The normalized spacial score (nSPS) is 26.8. The lowest BCUT2D eigenvalue weighted by atomic mass is 9.60. The molecule has 2 aliphatic rings. The quantitative estimate of drug-likeness (QED) is 0.724. The Kier molecular flexibility index (Phi) is 2.74. The van der Waals surface area contributed by atoms with E-state index in [0.29, 0.717) is 11.5 Å². The average molecular weight is 229 g/mol. The summed E-state index contributed by atoms with van der Waals surface area (Å²) in [5.41, 5.74) is 11.4. The van der Waals surface area contributed by atoms with Crippen molar-refractivity contribution >= 4 is 0 Å². The van der Waals surface area contributed by atoms with Crippen LogP contribution >= 0.6 is 0 Å². The van der Waals surface area contributed by atoms with E-state index in [1.54, 1.807) is 11.1 Å². The lowest BCUT2D eigenvalue weighted by molar-refractivity contribution is 0.221. The predicted octanol–water partition coefficient (Wildman–Crippen LogP) is 3.47. The minimum atomic E-state index is 0.317. The van der Waals surface area contributed by atoms with Gasteiger partial charge in [-0.15, -0.1) is 0 Å². The number of benzene rings is 1. The van der Waals surface area contributed by atoms with Gasteiger partial charge in [0.2, 0.25) is 0 Å². The SMILES string of the molecule is Cc1ccc2c(c1)C1(CCCCC1)C(N)CC2. The smallest absolute Gasteiger partial charge is 0.0140 e. The second kappa shape index (κ2) is 4.13. The Bertz CT molecular complexity index is 416. The summed E-state index contributed by atoms with van der Waals surface area (Å²) in [4.78, 5) is 0. The molecule has 1 unspecified atom stereocenters. The molecule has 0 aliphatic heterocycles. The van der Waals surface area contributed by atoms with Crippen LogP contribution in [0.1, 0.15) is 55.2 Å². The van der Waals surface area contributed by atoms with Gasteiger partial charge in [-0.1, -0.05) is 43.0 Å². The number of rotatable bonds is 0. The van der Waals surface area contributed by atoms with Crippen molar-refractivity contribution in [2.24, 2.45) is 5.73 Å². The van der Waals surface area contributed by atoms with Crippen LogP contribution in [0.3, 0.4) is 0 Å². The number of hydrogen-bond acceptors (Lipinski definition) is 1. The highest BCUT2D eigenvalue weighted by Crippen LogP contribution is 2.46. The lowest BCUT2D eigenvalue weighted by Crippen LogP contribution is -2.50. The molecule has 0 saturated heterocycles. The van der Waals surface area contributed by atoms with Gasteiger partial charge in [-0.05, 0) is 43.7 Å². The minimum Gasteiger partial charge on any atom is -0.327 e. The number of aryl methyl sites for hydroxylation is 2. The van der Waals surface area contributed by atoms with Gasteiger partial charge in [0.25, 0.3) is 0 Å². The first-order valence-corrected chi connectivity index (χ1v) is 7.08. The first kappa shape index (κ1) is 11.3. The van der Waals surface area contributed by atoms with E-state index in [9.17, 15) is 0 Å². The molecule has 0 aromatic heterocycles. The van der Waals surface area contributed by atoms with E-state index in [1.165, 1.54) is 50.5 Å². The average Bonchev–Trinajstić information content (AvgIpc) is 2.36. The van der Waals surface area contributed by atoms with Gasteiger partial charge in [-0.3, -0.25) is 0 Å². The number of fused-ring (bicyclic) bond motifs is 2. The molecule has 1 saturated carbocycles. The van der Waals surface area contributed by atoms with Gasteiger partial charge in [0.15, 0.2) is 0 Å². The third-order valence-electron chi connectivity index (χ3n) is 4.98. The Labute approximate surface area is 104 Å². The third kappa shape index (κ3) is 1.72. The van der Waals surface area contributed by atoms with Crippen molar-refractivity contribution in [1.82, 2.24) is 0 Å². The van der Waals surface area contributed by atoms with Gasteiger partial charge >= 0.3 is 0 Å². The molecule has 0 heterocycles. The number of nitrogens with two attached hydrogens (primary N) is 1. The van der Waals surface area contributed by atoms with Crippen molar-refractivity contribution in [1.29, 1.82) is 0 Å². The van der Waals surface area contributed by atoms with Crippen molar-refractivity contribution < 1.29 is 0 Å². The summed E-state index contributed by atoms with van der Waals surface area (Å²) in [5.74, 6) is 0. The van der Waals surface area contributed by atoms with Crippen molar-refractivity contribution in [2.75, 3.05) is 0 Å². The van der Waals surface area contributed by atoms with Crippen LogP contribution in [0.4, 0.5) is 0 Å². The van der Waals surface area contributed by atoms with Gasteiger partial charge in [-0.25, -0.2) is 0 Å². The summed E-state index contributed by atoms with van der Waals surface area (Å²) in [6, 6.07) is 7.40. The van der Waals surface area contributed by atoms with Crippen LogP contribution in [0.25, 0.3) is 0 Å². The van der Waals surface area contributed by atoms with E-state index in [4.69, 9.17) is 5.73 Å². The van der Waals surface area contributed by atoms with E-state index in [2.05, 4.69) is 25.1 Å². The van der Waals surface area contributed by atoms with Gasteiger partial charge in [0, 0.05) is 11.5 Å². The zero-order chi connectivity index (χ0) is 11.9. The van der Waals surface area contributed by atoms with E-state index in [0.717, 1.165) is 0 Å². The molecular formula is C16H23N. The van der Waals surface area contributed by atoms with Crippen molar-refractivity contribution in [2.45, 2.75) is 63.3 Å². The maximum absolute atomic E-state index is 6.51. The maximum Gasteiger partial charge on any atom is 0.0140 e. The molecule has 17 heavy (non-hydrogen) atoms. The molecule has 1 nitrogen and oxygen atoms in total. The lowest BCUT2D eigenvalue weighted by Gasteiger charge is -2.46. The molecule has 1 aromatic rings. The summed E-state index contributed by atoms with van der Waals surface area (Å²) in [7, 11) is 0. The molecule has 2 aliphatic carbocycles. The molecule has 92 valence electrons. The maximum atomic E-state index is 6.51. The summed E-state index contributed by atoms with van der Waals surface area (Å²) in [6.07, 6.45) is 9.10. The van der Waals surface area contributed by atoms with Gasteiger partial charge in [0.05, 0.1) is 0 Å². The molecule has 1 heteroatoms. The molecule has 1 aromatic carbocycles. The van der Waals surface area contributed by atoms with Crippen LogP contribution in [0.2, 0.25) is 0 Å². The Morgan fingerprint density at radius 3 is 2.71 bits per heavy atom. The molecule has 3 rings (SSSR count). The molecule has 0 bridgehead atoms. The summed E-state index contributed by atoms with van der Waals surface area (Å²) < 4.78 is 0. The largest absolute Gasteiger partial charge is 0.327 e. The monoisotopic (exact) mass is 229 g/mol. The Balaban J connectivity index is 2.11. The standard InChI is InChI=1S/C16H23N/c1-12-5-6-13-7-8-15(17)16(14(13)11-12)9-3-2-4-10-16/h5-6,11,15H,2-4,7-10,17H2,1H3. The van der Waals surface area contributed by atoms with Gasteiger partial charge < -0.3 is 5.73 Å². The highest BCUT2D eigenvalue weighted by atomic mass is 14.7. The molecule has 1 fully saturated rings. The molecule has 0 radical (unpaired) electrons. The molecular weight excluding hydrogens is 206 g/mol. The van der Waals surface area contributed by atoms with Crippen molar-refractivity contribution in [3.63, 3.8) is 0 Å². The fraction of sp³-hybridized carbons (Fsp3) is 0.625. The van der Waals surface area contributed by atoms with Crippen molar-refractivity contribution in [3.05, 3.63) is 34.9 Å². The highest BCUT2D eigenvalue weighted by Gasteiger charge is 2.42. The van der Waals surface area contributed by atoms with E-state index < -0.39 is 0 Å². The van der Waals surface area contributed by atoms with Crippen molar-refractivity contribution in [3.8, 4) is 0 Å². The van der Waals surface area contributed by atoms with E-state index in [-0.39, 0.29) is 0 Å². The van der Waals surface area contributed by atoms with Crippen LogP contribution in [0, 0.1) is 6.92 Å². The van der Waals surface area contributed by atoms with E-state index >= 15 is 0 Å². The molecule has 1 spiro atoms. The van der Waals surface area contributed by atoms with Gasteiger partial charge in [-0.2, -0.15) is 0 Å². The first-order valence-electron chi connectivity index (χ1n) is 7.08. The second-order valence-electron chi connectivity index (χ2n) is 6.02. The Hall–Kier alpha value is -0.820. The van der Waals surface area contributed by atoms with Crippen LogP contribution in [-0.2, 0) is 11.8 Å². The highest BCUT2D eigenvalue weighted by molar-refractivity contribution is 5.41. The summed E-state index contributed by atoms with van der Waals surface area (Å²) in [6.45, 7) is 2.21. The minimum absolute atomic E-state index is 0.317. The van der Waals surface area contributed by atoms with Crippen LogP contribution < -0.4 is 5.73 Å². The van der Waals surface area contributed by atoms with E-state index in [1.807, 2.05) is 0 Å². The van der Waals surface area contributed by atoms with Crippen LogP contribution in [0.15, 0.2) is 18.2 Å². The molecule has 0 amide bonds. The zero-order valence-electron chi connectivity index (χ0n) is 10.8. The molecule has 1 atom stereocenters. The topological polar surface area (TPSA) is 26.0 Å². The van der Waals surface area contributed by atoms with Crippen LogP contribution in [0.5, 0.6) is 0 Å². The first-order chi connectivity index (χ1) is 8.22. The fourth-order valence-electron chi connectivity index (χ4n) is 3.98.